The lowest BCUT2D eigenvalue weighted by Gasteiger charge is -2.09. The number of halogens is 3. The first-order chi connectivity index (χ1) is 13.5. The molecule has 0 aliphatic carbocycles. The molecule has 152 valence electrons. The number of pyridine rings is 1. The van der Waals surface area contributed by atoms with Gasteiger partial charge in [-0.05, 0) is 52.7 Å². The van der Waals surface area contributed by atoms with E-state index in [-0.39, 0.29) is 36.4 Å². The second-order valence-electron chi connectivity index (χ2n) is 5.74. The predicted molar refractivity (Wildman–Crippen MR) is 112 cm³/mol. The van der Waals surface area contributed by atoms with Gasteiger partial charge in [-0.1, -0.05) is 6.92 Å². The molecule has 3 rings (SSSR count). The Morgan fingerprint density at radius 3 is 2.55 bits per heavy atom. The summed E-state index contributed by atoms with van der Waals surface area (Å²) in [5.41, 5.74) is 6.89. The second-order valence-corrected chi connectivity index (χ2v) is 6.65. The fraction of sp³-hybridized carbons (Fsp3) is 0.158. The molecule has 0 spiro atoms. The molecule has 7 nitrogen and oxygen atoms in total. The highest BCUT2D eigenvalue weighted by Gasteiger charge is 2.13. The molecule has 2 heterocycles. The monoisotopic (exact) mass is 482 g/mol. The summed E-state index contributed by atoms with van der Waals surface area (Å²) in [7, 11) is 0. The van der Waals surface area contributed by atoms with Gasteiger partial charge in [-0.2, -0.15) is 0 Å². The number of benzene rings is 1. The van der Waals surface area contributed by atoms with Gasteiger partial charge in [0, 0.05) is 22.7 Å². The molecule has 0 unspecified atom stereocenters. The fourth-order valence-corrected chi connectivity index (χ4v) is 2.54. The average Bonchev–Trinajstić information content (AvgIpc) is 2.67. The third kappa shape index (κ3) is 5.85. The largest absolute Gasteiger partial charge is 0.436 e. The first-order valence-electron chi connectivity index (χ1n) is 8.38. The molecule has 0 saturated heterocycles. The number of hydrogen-bond donors (Lipinski definition) is 1. The fourth-order valence-electron chi connectivity index (χ4n) is 2.24. The Balaban J connectivity index is 0.00000300. The molecule has 0 atom stereocenters. The number of anilines is 1. The predicted octanol–water partition coefficient (Wildman–Crippen LogP) is 4.94. The van der Waals surface area contributed by atoms with Crippen LogP contribution in [0.5, 0.6) is 17.5 Å². The summed E-state index contributed by atoms with van der Waals surface area (Å²) >= 11 is 3.14. The van der Waals surface area contributed by atoms with E-state index in [9.17, 15) is 9.18 Å². The van der Waals surface area contributed by atoms with Crippen LogP contribution in [0.3, 0.4) is 0 Å². The van der Waals surface area contributed by atoms with E-state index in [0.29, 0.717) is 27.9 Å². The van der Waals surface area contributed by atoms with E-state index in [0.717, 1.165) is 0 Å². The molecule has 1 aromatic carbocycles. The number of nitrogens with two attached hydrogens (primary N) is 1. The molecule has 2 aromatic heterocycles. The van der Waals surface area contributed by atoms with Crippen molar-refractivity contribution in [3.05, 3.63) is 53.0 Å². The number of nitrogens with zero attached hydrogens (tertiary/aromatic N) is 3. The Labute approximate surface area is 181 Å². The van der Waals surface area contributed by atoms with Crippen molar-refractivity contribution in [2.75, 3.05) is 5.73 Å². The van der Waals surface area contributed by atoms with Crippen LogP contribution < -0.4 is 15.2 Å². The zero-order chi connectivity index (χ0) is 20.1. The first-order valence-corrected chi connectivity index (χ1v) is 9.18. The Bertz CT molecular complexity index is 1010. The number of aromatic nitrogens is 3. The van der Waals surface area contributed by atoms with E-state index in [1.54, 1.807) is 24.3 Å². The van der Waals surface area contributed by atoms with Gasteiger partial charge in [0.05, 0.1) is 11.9 Å². The number of esters is 1. The summed E-state index contributed by atoms with van der Waals surface area (Å²) < 4.78 is 25.0. The molecule has 0 saturated carbocycles. The van der Waals surface area contributed by atoms with Crippen LogP contribution in [0.4, 0.5) is 10.2 Å². The van der Waals surface area contributed by atoms with E-state index in [4.69, 9.17) is 15.2 Å². The number of rotatable bonds is 6. The standard InChI is InChI=1S/C19H16BrFN4O3.ClH/c1-2-3-16(26)28-19-17(22)23-10-15(25-19)11-4-6-13(7-5-11)27-18-14(21)8-12(20)9-24-18;/h4-10H,2-3H2,1H3,(H2,22,23);1H. The molecule has 0 radical (unpaired) electrons. The van der Waals surface area contributed by atoms with Gasteiger partial charge >= 0.3 is 5.97 Å². The zero-order valence-electron chi connectivity index (χ0n) is 15.3. The number of carbonyl (C=O) groups is 1. The van der Waals surface area contributed by atoms with Crippen LogP contribution in [-0.4, -0.2) is 20.9 Å². The lowest BCUT2D eigenvalue weighted by Crippen LogP contribution is -2.11. The Hall–Kier alpha value is -2.78. The SMILES string of the molecule is CCCC(=O)Oc1nc(-c2ccc(Oc3ncc(Br)cc3F)cc2)cnc1N.Cl. The Kier molecular flexibility index (Phi) is 7.86. The van der Waals surface area contributed by atoms with Gasteiger partial charge in [0.15, 0.2) is 11.6 Å². The van der Waals surface area contributed by atoms with Crippen molar-refractivity contribution in [1.29, 1.82) is 0 Å². The summed E-state index contributed by atoms with van der Waals surface area (Å²) in [6.07, 6.45) is 3.83. The molecule has 0 amide bonds. The Morgan fingerprint density at radius 1 is 1.17 bits per heavy atom. The minimum absolute atomic E-state index is 0. The first kappa shape index (κ1) is 22.5. The Morgan fingerprint density at radius 2 is 1.90 bits per heavy atom. The minimum Gasteiger partial charge on any atom is -0.436 e. The van der Waals surface area contributed by atoms with E-state index in [2.05, 4.69) is 30.9 Å². The molecule has 0 bridgehead atoms. The maximum absolute atomic E-state index is 13.8. The van der Waals surface area contributed by atoms with Gasteiger partial charge in [-0.25, -0.2) is 19.3 Å². The highest BCUT2D eigenvalue weighted by molar-refractivity contribution is 9.10. The van der Waals surface area contributed by atoms with E-state index < -0.39 is 11.8 Å². The van der Waals surface area contributed by atoms with Crippen molar-refractivity contribution >= 4 is 40.1 Å². The van der Waals surface area contributed by atoms with Crippen molar-refractivity contribution in [3.63, 3.8) is 0 Å². The molecule has 0 aliphatic heterocycles. The van der Waals surface area contributed by atoms with Crippen molar-refractivity contribution in [3.8, 4) is 28.8 Å². The van der Waals surface area contributed by atoms with Crippen LogP contribution in [0.2, 0.25) is 0 Å². The summed E-state index contributed by atoms with van der Waals surface area (Å²) in [5.74, 6) is -0.735. The highest BCUT2D eigenvalue weighted by atomic mass is 79.9. The maximum atomic E-state index is 13.8. The molecule has 2 N–H and O–H groups in total. The van der Waals surface area contributed by atoms with Crippen molar-refractivity contribution < 1.29 is 18.7 Å². The number of nitrogen functional groups attached to an aromatic ring is 1. The van der Waals surface area contributed by atoms with Gasteiger partial charge < -0.3 is 15.2 Å². The second kappa shape index (κ2) is 10.1. The van der Waals surface area contributed by atoms with E-state index in [1.807, 2.05) is 6.92 Å². The summed E-state index contributed by atoms with van der Waals surface area (Å²) in [4.78, 5) is 23.8. The summed E-state index contributed by atoms with van der Waals surface area (Å²) in [5, 5.41) is 0. The number of hydrogen-bond acceptors (Lipinski definition) is 7. The molecular weight excluding hydrogens is 467 g/mol. The third-order valence-corrected chi connectivity index (χ3v) is 4.00. The van der Waals surface area contributed by atoms with E-state index >= 15 is 0 Å². The van der Waals surface area contributed by atoms with Gasteiger partial charge in [0.1, 0.15) is 5.75 Å². The highest BCUT2D eigenvalue weighted by Crippen LogP contribution is 2.28. The summed E-state index contributed by atoms with van der Waals surface area (Å²) in [6, 6.07) is 7.97. The lowest BCUT2D eigenvalue weighted by molar-refractivity contribution is -0.134. The van der Waals surface area contributed by atoms with Crippen LogP contribution in [0.15, 0.2) is 47.2 Å². The molecule has 10 heteroatoms. The molecule has 29 heavy (non-hydrogen) atoms. The number of carbonyl (C=O) groups excluding carboxylic acids is 1. The normalized spacial score (nSPS) is 10.2. The maximum Gasteiger partial charge on any atom is 0.312 e. The molecular formula is C19H17BrClFN4O3. The third-order valence-electron chi connectivity index (χ3n) is 3.57. The average molecular weight is 484 g/mol. The van der Waals surface area contributed by atoms with Crippen LogP contribution in [0.1, 0.15) is 19.8 Å². The van der Waals surface area contributed by atoms with Crippen LogP contribution >= 0.6 is 28.3 Å². The van der Waals surface area contributed by atoms with Gasteiger partial charge in [0.2, 0.25) is 0 Å². The topological polar surface area (TPSA) is 100 Å². The summed E-state index contributed by atoms with van der Waals surface area (Å²) in [6.45, 7) is 1.87. The zero-order valence-corrected chi connectivity index (χ0v) is 17.7. The van der Waals surface area contributed by atoms with Crippen molar-refractivity contribution in [1.82, 2.24) is 15.0 Å². The van der Waals surface area contributed by atoms with Gasteiger partial charge in [0.25, 0.3) is 11.8 Å². The van der Waals surface area contributed by atoms with Gasteiger partial charge in [-0.15, -0.1) is 12.4 Å². The van der Waals surface area contributed by atoms with Crippen molar-refractivity contribution in [2.45, 2.75) is 19.8 Å². The smallest absolute Gasteiger partial charge is 0.312 e. The van der Waals surface area contributed by atoms with Crippen molar-refractivity contribution in [2.24, 2.45) is 0 Å². The molecule has 0 fully saturated rings. The van der Waals surface area contributed by atoms with Crippen LogP contribution in [0, 0.1) is 5.82 Å². The van der Waals surface area contributed by atoms with Crippen LogP contribution in [0.25, 0.3) is 11.3 Å². The van der Waals surface area contributed by atoms with E-state index in [1.165, 1.54) is 18.5 Å². The van der Waals surface area contributed by atoms with Gasteiger partial charge in [-0.3, -0.25) is 4.79 Å². The quantitative estimate of drug-likeness (QED) is 0.495. The lowest BCUT2D eigenvalue weighted by atomic mass is 10.1. The minimum atomic E-state index is -0.582. The molecule has 0 aliphatic rings. The number of ether oxygens (including phenoxy) is 2. The van der Waals surface area contributed by atoms with Crippen LogP contribution in [-0.2, 0) is 4.79 Å². The molecule has 3 aromatic rings.